The van der Waals surface area contributed by atoms with Crippen molar-refractivity contribution in [2.45, 2.75) is 58.4 Å². The highest BCUT2D eigenvalue weighted by atomic mass is 14.7. The Kier molecular flexibility index (Phi) is 2.83. The van der Waals surface area contributed by atoms with Crippen LogP contribution >= 0.6 is 0 Å². The number of aryl methyl sites for hydroxylation is 2. The Labute approximate surface area is 99.0 Å². The van der Waals surface area contributed by atoms with Gasteiger partial charge in [-0.05, 0) is 46.9 Å². The molecule has 2 rings (SSSR count). The average molecular weight is 217 g/mol. The number of hydrogen-bond donors (Lipinski definition) is 1. The highest BCUT2D eigenvalue weighted by Gasteiger charge is 2.35. The van der Waals surface area contributed by atoms with Gasteiger partial charge in [0.1, 0.15) is 0 Å². The van der Waals surface area contributed by atoms with Gasteiger partial charge in [-0.25, -0.2) is 0 Å². The van der Waals surface area contributed by atoms with Crippen molar-refractivity contribution < 1.29 is 0 Å². The van der Waals surface area contributed by atoms with E-state index in [1.807, 2.05) is 0 Å². The molecule has 1 heteroatoms. The van der Waals surface area contributed by atoms with Gasteiger partial charge in [-0.15, -0.1) is 0 Å². The molecular formula is C15H23N. The molecule has 0 heterocycles. The minimum absolute atomic E-state index is 0.237. The van der Waals surface area contributed by atoms with E-state index < -0.39 is 0 Å². The summed E-state index contributed by atoms with van der Waals surface area (Å²) in [5, 5.41) is 0. The van der Waals surface area contributed by atoms with Gasteiger partial charge in [0.15, 0.2) is 0 Å². The Balaban J connectivity index is 2.59. The largest absolute Gasteiger partial charge is 0.324 e. The predicted octanol–water partition coefficient (Wildman–Crippen LogP) is 3.49. The molecule has 1 aromatic carbocycles. The molecular weight excluding hydrogens is 194 g/mol. The molecule has 1 unspecified atom stereocenters. The molecule has 1 aliphatic carbocycles. The fourth-order valence-corrected chi connectivity index (χ4v) is 3.03. The average Bonchev–Trinajstić information content (AvgIpc) is 2.47. The van der Waals surface area contributed by atoms with Crippen LogP contribution in [0, 0.1) is 0 Å². The van der Waals surface area contributed by atoms with Crippen molar-refractivity contribution >= 4 is 0 Å². The third-order valence-corrected chi connectivity index (χ3v) is 3.99. The topological polar surface area (TPSA) is 26.0 Å². The number of rotatable bonds is 2. The molecule has 0 amide bonds. The lowest BCUT2D eigenvalue weighted by Gasteiger charge is -2.20. The molecule has 1 nitrogen and oxygen atoms in total. The van der Waals surface area contributed by atoms with E-state index in [4.69, 9.17) is 5.73 Å². The van der Waals surface area contributed by atoms with Crippen molar-refractivity contribution in [1.82, 2.24) is 0 Å². The maximum absolute atomic E-state index is 6.24. The van der Waals surface area contributed by atoms with E-state index in [0.29, 0.717) is 0 Å². The summed E-state index contributed by atoms with van der Waals surface area (Å²) in [4.78, 5) is 0. The molecule has 0 aromatic heterocycles. The summed E-state index contributed by atoms with van der Waals surface area (Å²) in [7, 11) is 0. The van der Waals surface area contributed by atoms with Crippen LogP contribution < -0.4 is 5.73 Å². The molecule has 0 saturated heterocycles. The summed E-state index contributed by atoms with van der Waals surface area (Å²) in [6, 6.07) is 5.00. The van der Waals surface area contributed by atoms with Gasteiger partial charge in [0.25, 0.3) is 0 Å². The van der Waals surface area contributed by atoms with Gasteiger partial charge in [0.05, 0.1) is 0 Å². The van der Waals surface area contributed by atoms with Crippen LogP contribution in [0.15, 0.2) is 12.1 Å². The minimum atomic E-state index is 0.237. The zero-order valence-corrected chi connectivity index (χ0v) is 10.9. The summed E-state index contributed by atoms with van der Waals surface area (Å²) >= 11 is 0. The van der Waals surface area contributed by atoms with Crippen LogP contribution in [-0.2, 0) is 18.3 Å². The van der Waals surface area contributed by atoms with Gasteiger partial charge in [-0.3, -0.25) is 0 Å². The zero-order valence-electron chi connectivity index (χ0n) is 10.9. The summed E-state index contributed by atoms with van der Waals surface area (Å²) in [5.41, 5.74) is 12.3. The lowest BCUT2D eigenvalue weighted by atomic mass is 9.84. The van der Waals surface area contributed by atoms with Crippen molar-refractivity contribution in [3.63, 3.8) is 0 Å². The smallest absolute Gasteiger partial charge is 0.0306 e. The number of fused-ring (bicyclic) bond motifs is 1. The first-order valence-corrected chi connectivity index (χ1v) is 6.41. The second-order valence-electron chi connectivity index (χ2n) is 5.61. The third-order valence-electron chi connectivity index (χ3n) is 3.99. The van der Waals surface area contributed by atoms with Crippen LogP contribution in [0.2, 0.25) is 0 Å². The van der Waals surface area contributed by atoms with Gasteiger partial charge >= 0.3 is 0 Å². The van der Waals surface area contributed by atoms with E-state index in [2.05, 4.69) is 39.8 Å². The Morgan fingerprint density at radius 3 is 2.31 bits per heavy atom. The minimum Gasteiger partial charge on any atom is -0.324 e. The molecule has 1 aliphatic rings. The van der Waals surface area contributed by atoms with Crippen LogP contribution in [0.3, 0.4) is 0 Å². The molecule has 0 aliphatic heterocycles. The van der Waals surface area contributed by atoms with E-state index in [0.717, 1.165) is 19.3 Å². The van der Waals surface area contributed by atoms with Crippen molar-refractivity contribution in [3.8, 4) is 0 Å². The molecule has 0 saturated carbocycles. The molecule has 88 valence electrons. The van der Waals surface area contributed by atoms with Crippen LogP contribution in [0.5, 0.6) is 0 Å². The number of benzene rings is 1. The van der Waals surface area contributed by atoms with Gasteiger partial charge in [0.2, 0.25) is 0 Å². The second kappa shape index (κ2) is 3.89. The van der Waals surface area contributed by atoms with Gasteiger partial charge < -0.3 is 5.73 Å². The van der Waals surface area contributed by atoms with Crippen molar-refractivity contribution in [2.75, 3.05) is 0 Å². The summed E-state index contributed by atoms with van der Waals surface area (Å²) < 4.78 is 0. The first kappa shape index (κ1) is 11.7. The molecule has 16 heavy (non-hydrogen) atoms. The molecule has 0 spiro atoms. The predicted molar refractivity (Wildman–Crippen MR) is 69.8 cm³/mol. The number of nitrogens with two attached hydrogens (primary N) is 1. The van der Waals surface area contributed by atoms with Crippen LogP contribution in [0.4, 0.5) is 0 Å². The highest BCUT2D eigenvalue weighted by molar-refractivity contribution is 5.47. The molecule has 0 fully saturated rings. The van der Waals surface area contributed by atoms with Crippen molar-refractivity contribution in [3.05, 3.63) is 34.4 Å². The normalized spacial score (nSPS) is 22.2. The van der Waals surface area contributed by atoms with Crippen LogP contribution in [0.25, 0.3) is 0 Å². The number of hydrogen-bond acceptors (Lipinski definition) is 1. The summed E-state index contributed by atoms with van der Waals surface area (Å²) in [5.74, 6) is 0. The first-order valence-electron chi connectivity index (χ1n) is 6.41. The monoisotopic (exact) mass is 217 g/mol. The second-order valence-corrected chi connectivity index (χ2v) is 5.61. The van der Waals surface area contributed by atoms with Gasteiger partial charge in [0, 0.05) is 6.04 Å². The van der Waals surface area contributed by atoms with Crippen LogP contribution in [0.1, 0.15) is 62.4 Å². The Morgan fingerprint density at radius 1 is 1.19 bits per heavy atom. The highest BCUT2D eigenvalue weighted by Crippen LogP contribution is 2.44. The SMILES string of the molecule is CCc1cc2c(cc1CC)C(C)(C)CC2N. The van der Waals surface area contributed by atoms with E-state index in [1.165, 1.54) is 22.3 Å². The lowest BCUT2D eigenvalue weighted by Crippen LogP contribution is -2.14. The van der Waals surface area contributed by atoms with E-state index in [-0.39, 0.29) is 11.5 Å². The summed E-state index contributed by atoms with van der Waals surface area (Å²) in [6.45, 7) is 9.09. The lowest BCUT2D eigenvalue weighted by molar-refractivity contribution is 0.481. The first-order chi connectivity index (χ1) is 7.49. The molecule has 1 aromatic rings. The fourth-order valence-electron chi connectivity index (χ4n) is 3.03. The molecule has 0 bridgehead atoms. The van der Waals surface area contributed by atoms with Gasteiger partial charge in [-0.1, -0.05) is 39.8 Å². The Hall–Kier alpha value is -0.820. The van der Waals surface area contributed by atoms with Crippen molar-refractivity contribution in [1.29, 1.82) is 0 Å². The van der Waals surface area contributed by atoms with Gasteiger partial charge in [-0.2, -0.15) is 0 Å². The maximum Gasteiger partial charge on any atom is 0.0306 e. The quantitative estimate of drug-likeness (QED) is 0.806. The zero-order chi connectivity index (χ0) is 11.9. The molecule has 0 radical (unpaired) electrons. The standard InChI is InChI=1S/C15H23N/c1-5-10-7-12-13(8-11(10)6-2)15(3,4)9-14(12)16/h7-8,14H,5-6,9,16H2,1-4H3. The summed E-state index contributed by atoms with van der Waals surface area (Å²) in [6.07, 6.45) is 3.32. The molecule has 1 atom stereocenters. The van der Waals surface area contributed by atoms with E-state index in [9.17, 15) is 0 Å². The van der Waals surface area contributed by atoms with Crippen LogP contribution in [-0.4, -0.2) is 0 Å². The molecule has 2 N–H and O–H groups in total. The third kappa shape index (κ3) is 1.67. The Morgan fingerprint density at radius 2 is 1.75 bits per heavy atom. The van der Waals surface area contributed by atoms with E-state index >= 15 is 0 Å². The van der Waals surface area contributed by atoms with E-state index in [1.54, 1.807) is 0 Å². The van der Waals surface area contributed by atoms with Crippen molar-refractivity contribution in [2.24, 2.45) is 5.73 Å². The Bertz CT molecular complexity index is 404. The fraction of sp³-hybridized carbons (Fsp3) is 0.600. The maximum atomic E-state index is 6.24.